The predicted molar refractivity (Wildman–Crippen MR) is 99.5 cm³/mol. The van der Waals surface area contributed by atoms with Crippen LogP contribution in [0.25, 0.3) is 0 Å². The van der Waals surface area contributed by atoms with Gasteiger partial charge in [0.25, 0.3) is 5.91 Å². The van der Waals surface area contributed by atoms with Crippen molar-refractivity contribution in [1.82, 2.24) is 0 Å². The molecule has 1 fully saturated rings. The average Bonchev–Trinajstić information content (AvgIpc) is 2.87. The van der Waals surface area contributed by atoms with E-state index in [0.29, 0.717) is 27.4 Å². The van der Waals surface area contributed by atoms with Crippen molar-refractivity contribution in [3.63, 3.8) is 0 Å². The molecule has 2 aromatic rings. The van der Waals surface area contributed by atoms with Gasteiger partial charge in [0.05, 0.1) is 34.5 Å². The second-order valence-electron chi connectivity index (χ2n) is 4.95. The highest BCUT2D eigenvalue weighted by Crippen LogP contribution is 2.34. The molecule has 1 aromatic heterocycles. The van der Waals surface area contributed by atoms with Crippen molar-refractivity contribution in [2.75, 3.05) is 36.5 Å². The number of carbonyl (C=O) groups excluding carboxylic acids is 1. The Morgan fingerprint density at radius 3 is 2.65 bits per heavy atom. The summed E-state index contributed by atoms with van der Waals surface area (Å²) in [6, 6.07) is 7.39. The molecule has 0 atom stereocenters. The molecule has 1 aromatic carbocycles. The van der Waals surface area contributed by atoms with Gasteiger partial charge in [-0.2, -0.15) is 0 Å². The Bertz CT molecular complexity index is 732. The number of rotatable bonds is 3. The van der Waals surface area contributed by atoms with Crippen LogP contribution in [0, 0.1) is 0 Å². The van der Waals surface area contributed by atoms with Gasteiger partial charge in [-0.3, -0.25) is 4.79 Å². The number of amides is 1. The number of carbonyl (C=O) groups is 1. The number of benzene rings is 1. The zero-order chi connectivity index (χ0) is 16.4. The van der Waals surface area contributed by atoms with Gasteiger partial charge in [-0.25, -0.2) is 0 Å². The lowest BCUT2D eigenvalue weighted by atomic mass is 10.2. The quantitative estimate of drug-likeness (QED) is 0.744. The van der Waals surface area contributed by atoms with E-state index >= 15 is 0 Å². The van der Waals surface area contributed by atoms with E-state index in [2.05, 4.69) is 26.1 Å². The van der Waals surface area contributed by atoms with E-state index in [1.807, 2.05) is 18.2 Å². The first-order valence-corrected chi connectivity index (χ1v) is 9.29. The second kappa shape index (κ2) is 7.40. The molecule has 4 nitrogen and oxygen atoms in total. The van der Waals surface area contributed by atoms with E-state index in [-0.39, 0.29) is 5.91 Å². The molecule has 0 aliphatic carbocycles. The normalized spacial score (nSPS) is 14.8. The molecular weight excluding hydrogens is 423 g/mol. The molecule has 0 saturated carbocycles. The topological polar surface area (TPSA) is 41.6 Å². The molecule has 122 valence electrons. The molecule has 1 aliphatic rings. The fourth-order valence-corrected chi connectivity index (χ4v) is 4.19. The summed E-state index contributed by atoms with van der Waals surface area (Å²) < 4.78 is 7.15. The first kappa shape index (κ1) is 17.0. The highest BCUT2D eigenvalue weighted by Gasteiger charge is 2.19. The zero-order valence-electron chi connectivity index (χ0n) is 11.9. The van der Waals surface area contributed by atoms with Crippen LogP contribution < -0.4 is 10.2 Å². The summed E-state index contributed by atoms with van der Waals surface area (Å²) in [4.78, 5) is 14.7. The summed E-state index contributed by atoms with van der Waals surface area (Å²) in [5.74, 6) is -0.272. The van der Waals surface area contributed by atoms with E-state index in [9.17, 15) is 4.79 Å². The van der Waals surface area contributed by atoms with Crippen molar-refractivity contribution >= 4 is 67.8 Å². The number of anilines is 2. The third-order valence-electron chi connectivity index (χ3n) is 3.46. The van der Waals surface area contributed by atoms with E-state index in [1.54, 1.807) is 6.07 Å². The third-order valence-corrected chi connectivity index (χ3v) is 5.44. The number of hydrogen-bond donors (Lipinski definition) is 1. The highest BCUT2D eigenvalue weighted by molar-refractivity contribution is 9.10. The lowest BCUT2D eigenvalue weighted by Crippen LogP contribution is -2.36. The average molecular weight is 436 g/mol. The molecule has 1 saturated heterocycles. The molecule has 0 bridgehead atoms. The molecule has 1 aliphatic heterocycles. The van der Waals surface area contributed by atoms with E-state index in [1.165, 1.54) is 11.3 Å². The maximum atomic E-state index is 12.5. The Labute approximate surface area is 156 Å². The van der Waals surface area contributed by atoms with Crippen molar-refractivity contribution < 1.29 is 9.53 Å². The Morgan fingerprint density at radius 1 is 1.26 bits per heavy atom. The maximum Gasteiger partial charge on any atom is 0.258 e. The van der Waals surface area contributed by atoms with E-state index in [0.717, 1.165) is 28.9 Å². The van der Waals surface area contributed by atoms with Crippen LogP contribution in [-0.2, 0) is 4.74 Å². The smallest absolute Gasteiger partial charge is 0.258 e. The molecular formula is C15H13BrCl2N2O2S. The molecule has 0 unspecified atom stereocenters. The molecule has 1 amide bonds. The summed E-state index contributed by atoms with van der Waals surface area (Å²) >= 11 is 16.6. The van der Waals surface area contributed by atoms with Gasteiger partial charge in [-0.1, -0.05) is 39.1 Å². The van der Waals surface area contributed by atoms with Crippen LogP contribution in [-0.4, -0.2) is 32.2 Å². The van der Waals surface area contributed by atoms with Gasteiger partial charge in [-0.15, -0.1) is 11.3 Å². The Balaban J connectivity index is 1.87. The van der Waals surface area contributed by atoms with Crippen LogP contribution >= 0.6 is 50.5 Å². The van der Waals surface area contributed by atoms with Crippen molar-refractivity contribution in [3.8, 4) is 0 Å². The van der Waals surface area contributed by atoms with Crippen molar-refractivity contribution in [1.29, 1.82) is 0 Å². The lowest BCUT2D eigenvalue weighted by molar-refractivity contribution is 0.102. The fourth-order valence-electron chi connectivity index (χ4n) is 2.37. The molecule has 1 N–H and O–H groups in total. The Kier molecular flexibility index (Phi) is 5.49. The summed E-state index contributed by atoms with van der Waals surface area (Å²) in [5.41, 5.74) is 2.07. The first-order chi connectivity index (χ1) is 11.0. The fraction of sp³-hybridized carbons (Fsp3) is 0.267. The van der Waals surface area contributed by atoms with E-state index in [4.69, 9.17) is 27.9 Å². The van der Waals surface area contributed by atoms with Crippen LogP contribution in [0.15, 0.2) is 28.7 Å². The largest absolute Gasteiger partial charge is 0.378 e. The number of morpholine rings is 1. The van der Waals surface area contributed by atoms with Crippen molar-refractivity contribution in [2.45, 2.75) is 0 Å². The minimum atomic E-state index is -0.272. The maximum absolute atomic E-state index is 12.5. The summed E-state index contributed by atoms with van der Waals surface area (Å²) in [7, 11) is 0. The Hall–Kier alpha value is -0.790. The Morgan fingerprint density at radius 2 is 2.00 bits per heavy atom. The van der Waals surface area contributed by atoms with Gasteiger partial charge in [0.2, 0.25) is 0 Å². The van der Waals surface area contributed by atoms with Gasteiger partial charge < -0.3 is 15.0 Å². The molecule has 0 radical (unpaired) electrons. The first-order valence-electron chi connectivity index (χ1n) is 6.93. The number of nitrogens with zero attached hydrogens (tertiary/aromatic N) is 1. The van der Waals surface area contributed by atoms with Gasteiger partial charge in [0, 0.05) is 17.6 Å². The molecule has 23 heavy (non-hydrogen) atoms. The SMILES string of the molecule is O=C(Nc1cc(Br)ccc1N1CCOCC1)c1cc(Cl)sc1Cl. The van der Waals surface area contributed by atoms with Crippen LogP contribution in [0.5, 0.6) is 0 Å². The van der Waals surface area contributed by atoms with Crippen molar-refractivity contribution in [2.24, 2.45) is 0 Å². The van der Waals surface area contributed by atoms with Crippen LogP contribution in [0.3, 0.4) is 0 Å². The molecule has 8 heteroatoms. The minimum Gasteiger partial charge on any atom is -0.378 e. The molecule has 3 rings (SSSR count). The van der Waals surface area contributed by atoms with E-state index < -0.39 is 0 Å². The number of ether oxygens (including phenoxy) is 1. The van der Waals surface area contributed by atoms with Gasteiger partial charge in [-0.05, 0) is 24.3 Å². The highest BCUT2D eigenvalue weighted by atomic mass is 79.9. The summed E-state index contributed by atoms with van der Waals surface area (Å²) in [5, 5.41) is 2.93. The van der Waals surface area contributed by atoms with Crippen LogP contribution in [0.1, 0.15) is 10.4 Å². The van der Waals surface area contributed by atoms with Gasteiger partial charge in [0.1, 0.15) is 4.34 Å². The number of hydrogen-bond acceptors (Lipinski definition) is 4. The number of nitrogens with one attached hydrogen (secondary N) is 1. The third kappa shape index (κ3) is 4.00. The summed E-state index contributed by atoms with van der Waals surface area (Å²) in [6.45, 7) is 2.93. The zero-order valence-corrected chi connectivity index (χ0v) is 15.9. The molecule has 2 heterocycles. The number of thiophene rings is 1. The summed E-state index contributed by atoms with van der Waals surface area (Å²) in [6.07, 6.45) is 0. The number of halogens is 3. The monoisotopic (exact) mass is 434 g/mol. The minimum absolute atomic E-state index is 0.272. The van der Waals surface area contributed by atoms with Crippen LogP contribution in [0.4, 0.5) is 11.4 Å². The standard InChI is InChI=1S/C15H13BrCl2N2O2S/c16-9-1-2-12(20-3-5-22-6-4-20)11(7-9)19-15(21)10-8-13(17)23-14(10)18/h1-2,7-8H,3-6H2,(H,19,21). The predicted octanol–water partition coefficient (Wildman–Crippen LogP) is 4.91. The second-order valence-corrected chi connectivity index (χ2v) is 8.15. The van der Waals surface area contributed by atoms with Crippen LogP contribution in [0.2, 0.25) is 8.67 Å². The lowest BCUT2D eigenvalue weighted by Gasteiger charge is -2.30. The van der Waals surface area contributed by atoms with Crippen molar-refractivity contribution in [3.05, 3.63) is 43.0 Å². The van der Waals surface area contributed by atoms with Gasteiger partial charge in [0.15, 0.2) is 0 Å². The van der Waals surface area contributed by atoms with Gasteiger partial charge >= 0.3 is 0 Å². The molecule has 0 spiro atoms.